The first-order chi connectivity index (χ1) is 11.9. The Hall–Kier alpha value is -1.46. The van der Waals surface area contributed by atoms with E-state index in [1.807, 2.05) is 17.5 Å². The number of fused-ring (bicyclic) bond motifs is 1. The third-order valence-electron chi connectivity index (χ3n) is 3.77. The summed E-state index contributed by atoms with van der Waals surface area (Å²) in [6, 6.07) is 9.14. The van der Waals surface area contributed by atoms with Crippen LogP contribution in [0.3, 0.4) is 0 Å². The van der Waals surface area contributed by atoms with E-state index in [9.17, 15) is 9.90 Å². The SMILES string of the molecule is CCC(Oc1cc2c(-c3ccc(Cl)cc3)csc2c(Cl)c1Cl)C(=O)[O-]. The Morgan fingerprint density at radius 2 is 1.88 bits per heavy atom. The van der Waals surface area contributed by atoms with Gasteiger partial charge in [-0.2, -0.15) is 0 Å². The highest BCUT2D eigenvalue weighted by atomic mass is 35.5. The summed E-state index contributed by atoms with van der Waals surface area (Å²) in [5.41, 5.74) is 1.91. The van der Waals surface area contributed by atoms with Crippen LogP contribution in [0.5, 0.6) is 5.75 Å². The quantitative estimate of drug-likeness (QED) is 0.559. The number of carboxylic acid groups (broad SMARTS) is 1. The number of rotatable bonds is 5. The zero-order valence-corrected chi connectivity index (χ0v) is 16.1. The van der Waals surface area contributed by atoms with Crippen molar-refractivity contribution in [3.63, 3.8) is 0 Å². The number of carbonyl (C=O) groups excluding carboxylic acids is 1. The molecule has 0 aliphatic rings. The summed E-state index contributed by atoms with van der Waals surface area (Å²) < 4.78 is 6.34. The fraction of sp³-hybridized carbons (Fsp3) is 0.167. The summed E-state index contributed by atoms with van der Waals surface area (Å²) in [5, 5.41) is 15.1. The maximum absolute atomic E-state index is 11.1. The molecule has 0 saturated carbocycles. The van der Waals surface area contributed by atoms with Gasteiger partial charge in [-0.3, -0.25) is 0 Å². The van der Waals surface area contributed by atoms with Gasteiger partial charge in [0.2, 0.25) is 0 Å². The third-order valence-corrected chi connectivity index (χ3v) is 6.00. The van der Waals surface area contributed by atoms with Gasteiger partial charge in [0.05, 0.1) is 15.7 Å². The van der Waals surface area contributed by atoms with Crippen LogP contribution in [0.15, 0.2) is 35.7 Å². The lowest BCUT2D eigenvalue weighted by molar-refractivity contribution is -0.313. The summed E-state index contributed by atoms with van der Waals surface area (Å²) >= 11 is 20.1. The molecule has 0 N–H and O–H groups in total. The molecule has 25 heavy (non-hydrogen) atoms. The van der Waals surface area contributed by atoms with Gasteiger partial charge in [-0.25, -0.2) is 0 Å². The van der Waals surface area contributed by atoms with Crippen LogP contribution in [0.1, 0.15) is 13.3 Å². The lowest BCUT2D eigenvalue weighted by Gasteiger charge is -2.20. The third kappa shape index (κ3) is 3.58. The summed E-state index contributed by atoms with van der Waals surface area (Å²) in [5.74, 6) is -1.07. The van der Waals surface area contributed by atoms with Crippen LogP contribution in [0.4, 0.5) is 0 Å². The molecule has 0 bridgehead atoms. The number of ether oxygens (including phenoxy) is 1. The summed E-state index contributed by atoms with van der Waals surface area (Å²) in [6.07, 6.45) is -0.842. The van der Waals surface area contributed by atoms with Crippen LogP contribution in [0.25, 0.3) is 21.2 Å². The van der Waals surface area contributed by atoms with Crippen molar-refractivity contribution in [3.8, 4) is 16.9 Å². The number of thiophene rings is 1. The van der Waals surface area contributed by atoms with Crippen LogP contribution in [0.2, 0.25) is 15.1 Å². The minimum Gasteiger partial charge on any atom is -0.546 e. The van der Waals surface area contributed by atoms with Crippen LogP contribution >= 0.6 is 46.1 Å². The van der Waals surface area contributed by atoms with E-state index < -0.39 is 12.1 Å². The van der Waals surface area contributed by atoms with Crippen molar-refractivity contribution in [1.82, 2.24) is 0 Å². The molecular formula is C18H12Cl3O3S-. The molecule has 0 radical (unpaired) electrons. The standard InChI is InChI=1S/C18H13Cl3O3S/c1-2-13(18(22)23)24-14-7-11-12(9-3-5-10(19)6-4-9)8-25-17(11)16(21)15(14)20/h3-8,13H,2H2,1H3,(H,22,23)/p-1. The Morgan fingerprint density at radius 1 is 1.20 bits per heavy atom. The number of halogens is 3. The second-order valence-corrected chi connectivity index (χ2v) is 7.44. The number of benzene rings is 2. The van der Waals surface area contributed by atoms with Crippen LogP contribution in [-0.2, 0) is 4.79 Å². The van der Waals surface area contributed by atoms with E-state index in [1.54, 1.807) is 25.1 Å². The average molecular weight is 415 g/mol. The van der Waals surface area contributed by atoms with Gasteiger partial charge < -0.3 is 14.6 Å². The Bertz CT molecular complexity index is 935. The molecule has 1 unspecified atom stereocenters. The molecule has 3 nitrogen and oxygen atoms in total. The lowest BCUT2D eigenvalue weighted by atomic mass is 10.0. The second kappa shape index (κ2) is 7.42. The van der Waals surface area contributed by atoms with Gasteiger partial charge >= 0.3 is 0 Å². The molecule has 1 heterocycles. The molecule has 3 rings (SSSR count). The number of hydrogen-bond donors (Lipinski definition) is 0. The van der Waals surface area contributed by atoms with E-state index in [2.05, 4.69) is 0 Å². The fourth-order valence-corrected chi connectivity index (χ4v) is 4.18. The first kappa shape index (κ1) is 18.3. The summed E-state index contributed by atoms with van der Waals surface area (Å²) in [7, 11) is 0. The predicted octanol–water partition coefficient (Wildman–Crippen LogP) is 5.44. The van der Waals surface area contributed by atoms with Crippen molar-refractivity contribution < 1.29 is 14.6 Å². The fourth-order valence-electron chi connectivity index (χ4n) is 2.47. The van der Waals surface area contributed by atoms with Crippen molar-refractivity contribution >= 4 is 62.2 Å². The minimum absolute atomic E-state index is 0.193. The van der Waals surface area contributed by atoms with Gasteiger partial charge in [0.1, 0.15) is 16.9 Å². The van der Waals surface area contributed by atoms with E-state index in [0.717, 1.165) is 21.2 Å². The van der Waals surface area contributed by atoms with E-state index in [0.29, 0.717) is 10.0 Å². The molecule has 3 aromatic rings. The highest BCUT2D eigenvalue weighted by Crippen LogP contribution is 2.45. The maximum atomic E-state index is 11.1. The Kier molecular flexibility index (Phi) is 5.44. The maximum Gasteiger partial charge on any atom is 0.141 e. The highest BCUT2D eigenvalue weighted by Gasteiger charge is 2.19. The van der Waals surface area contributed by atoms with Gasteiger partial charge in [-0.1, -0.05) is 53.9 Å². The van der Waals surface area contributed by atoms with Crippen LogP contribution in [0, 0.1) is 0 Å². The number of aliphatic carboxylic acids is 1. The number of hydrogen-bond acceptors (Lipinski definition) is 4. The van der Waals surface area contributed by atoms with Crippen LogP contribution in [-0.4, -0.2) is 12.1 Å². The number of carbonyl (C=O) groups is 1. The van der Waals surface area contributed by atoms with Gasteiger partial charge in [0.15, 0.2) is 0 Å². The van der Waals surface area contributed by atoms with Gasteiger partial charge in [-0.05, 0) is 35.6 Å². The Morgan fingerprint density at radius 3 is 2.48 bits per heavy atom. The molecule has 0 saturated heterocycles. The van der Waals surface area contributed by atoms with Gasteiger partial charge in [0.25, 0.3) is 0 Å². The van der Waals surface area contributed by atoms with Crippen molar-refractivity contribution in [2.75, 3.05) is 0 Å². The zero-order chi connectivity index (χ0) is 18.1. The second-order valence-electron chi connectivity index (χ2n) is 5.37. The van der Waals surface area contributed by atoms with Crippen molar-refractivity contribution in [2.24, 2.45) is 0 Å². The largest absolute Gasteiger partial charge is 0.546 e. The molecule has 0 aliphatic heterocycles. The predicted molar refractivity (Wildman–Crippen MR) is 102 cm³/mol. The zero-order valence-electron chi connectivity index (χ0n) is 13.0. The van der Waals surface area contributed by atoms with Gasteiger partial charge in [0, 0.05) is 16.0 Å². The first-order valence-corrected chi connectivity index (χ1v) is 9.46. The van der Waals surface area contributed by atoms with E-state index in [4.69, 9.17) is 39.5 Å². The van der Waals surface area contributed by atoms with Crippen LogP contribution < -0.4 is 9.84 Å². The Balaban J connectivity index is 2.13. The van der Waals surface area contributed by atoms with Crippen molar-refractivity contribution in [1.29, 1.82) is 0 Å². The topological polar surface area (TPSA) is 49.4 Å². The molecule has 0 aliphatic carbocycles. The van der Waals surface area contributed by atoms with E-state index in [-0.39, 0.29) is 17.2 Å². The Labute approximate surface area is 163 Å². The molecule has 130 valence electrons. The molecule has 0 fully saturated rings. The highest BCUT2D eigenvalue weighted by molar-refractivity contribution is 7.18. The molecular weight excluding hydrogens is 403 g/mol. The summed E-state index contributed by atoms with van der Waals surface area (Å²) in [6.45, 7) is 1.69. The van der Waals surface area contributed by atoms with Crippen molar-refractivity contribution in [3.05, 3.63) is 50.8 Å². The van der Waals surface area contributed by atoms with Crippen molar-refractivity contribution in [2.45, 2.75) is 19.4 Å². The smallest absolute Gasteiger partial charge is 0.141 e. The normalized spacial score (nSPS) is 12.3. The van der Waals surface area contributed by atoms with Gasteiger partial charge in [-0.15, -0.1) is 11.3 Å². The molecule has 0 spiro atoms. The molecule has 1 atom stereocenters. The number of carboxylic acids is 1. The van der Waals surface area contributed by atoms with E-state index >= 15 is 0 Å². The monoisotopic (exact) mass is 413 g/mol. The molecule has 1 aromatic heterocycles. The average Bonchev–Trinajstić information content (AvgIpc) is 3.01. The minimum atomic E-state index is -1.29. The lowest BCUT2D eigenvalue weighted by Crippen LogP contribution is -2.39. The molecule has 0 amide bonds. The summed E-state index contributed by atoms with van der Waals surface area (Å²) in [4.78, 5) is 11.1. The molecule has 7 heteroatoms. The first-order valence-electron chi connectivity index (χ1n) is 7.45. The van der Waals surface area contributed by atoms with E-state index in [1.165, 1.54) is 11.3 Å². The molecule has 2 aromatic carbocycles.